The minimum absolute atomic E-state index is 0.286. The standard InChI is InChI=1S/C22H25FN2O2S/c23-18-8-9-21-20(14-18)22(10-12-24(13-11-22)15-17-6-7-17)16-25(21)28(26,27)19-4-2-1-3-5-19/h1-5,8-9,14,17H,6-7,10-13,15-16H2. The topological polar surface area (TPSA) is 40.6 Å². The number of fused-ring (bicyclic) bond motifs is 2. The Labute approximate surface area is 166 Å². The first-order chi connectivity index (χ1) is 13.5. The molecule has 6 heteroatoms. The maximum atomic E-state index is 14.1. The van der Waals surface area contributed by atoms with Crippen LogP contribution in [-0.2, 0) is 15.4 Å². The van der Waals surface area contributed by atoms with Gasteiger partial charge in [0.1, 0.15) is 5.82 Å². The van der Waals surface area contributed by atoms with E-state index in [9.17, 15) is 12.8 Å². The highest BCUT2D eigenvalue weighted by molar-refractivity contribution is 7.92. The Morgan fingerprint density at radius 2 is 1.75 bits per heavy atom. The van der Waals surface area contributed by atoms with Crippen molar-refractivity contribution >= 4 is 15.7 Å². The lowest BCUT2D eigenvalue weighted by Crippen LogP contribution is -2.46. The third-order valence-electron chi connectivity index (χ3n) is 6.60. The van der Waals surface area contributed by atoms with Crippen molar-refractivity contribution in [2.75, 3.05) is 30.5 Å². The lowest BCUT2D eigenvalue weighted by molar-refractivity contribution is 0.162. The number of rotatable bonds is 4. The van der Waals surface area contributed by atoms with Crippen LogP contribution in [-0.4, -0.2) is 39.5 Å². The second kappa shape index (κ2) is 6.56. The van der Waals surface area contributed by atoms with E-state index < -0.39 is 10.0 Å². The van der Waals surface area contributed by atoms with Gasteiger partial charge in [0.15, 0.2) is 0 Å². The summed E-state index contributed by atoms with van der Waals surface area (Å²) in [6, 6.07) is 13.1. The van der Waals surface area contributed by atoms with Gasteiger partial charge in [0, 0.05) is 18.5 Å². The van der Waals surface area contributed by atoms with Crippen LogP contribution in [0.15, 0.2) is 53.4 Å². The molecule has 28 heavy (non-hydrogen) atoms. The highest BCUT2D eigenvalue weighted by atomic mass is 32.2. The van der Waals surface area contributed by atoms with E-state index in [0.717, 1.165) is 44.0 Å². The summed E-state index contributed by atoms with van der Waals surface area (Å²) in [6.45, 7) is 3.45. The molecule has 1 aliphatic carbocycles. The van der Waals surface area contributed by atoms with Crippen LogP contribution in [0, 0.1) is 11.7 Å². The van der Waals surface area contributed by atoms with Crippen LogP contribution in [0.1, 0.15) is 31.2 Å². The molecule has 1 saturated carbocycles. The Kier molecular flexibility index (Phi) is 4.25. The zero-order valence-electron chi connectivity index (χ0n) is 15.9. The third kappa shape index (κ3) is 3.03. The molecule has 0 atom stereocenters. The monoisotopic (exact) mass is 400 g/mol. The van der Waals surface area contributed by atoms with Crippen LogP contribution in [0.2, 0.25) is 0 Å². The van der Waals surface area contributed by atoms with Gasteiger partial charge in [-0.2, -0.15) is 0 Å². The summed E-state index contributed by atoms with van der Waals surface area (Å²) in [5.74, 6) is 0.551. The second-order valence-electron chi connectivity index (χ2n) is 8.51. The number of hydrogen-bond donors (Lipinski definition) is 0. The first-order valence-corrected chi connectivity index (χ1v) is 11.5. The van der Waals surface area contributed by atoms with Crippen molar-refractivity contribution in [1.82, 2.24) is 4.90 Å². The Morgan fingerprint density at radius 3 is 2.43 bits per heavy atom. The minimum atomic E-state index is -3.67. The van der Waals surface area contributed by atoms with Gasteiger partial charge in [-0.3, -0.25) is 4.31 Å². The van der Waals surface area contributed by atoms with Crippen molar-refractivity contribution < 1.29 is 12.8 Å². The highest BCUT2D eigenvalue weighted by Crippen LogP contribution is 2.49. The molecule has 0 bridgehead atoms. The number of anilines is 1. The van der Waals surface area contributed by atoms with E-state index in [-0.39, 0.29) is 16.1 Å². The van der Waals surface area contributed by atoms with Gasteiger partial charge in [0.05, 0.1) is 10.6 Å². The molecule has 4 nitrogen and oxygen atoms in total. The maximum Gasteiger partial charge on any atom is 0.264 e. The Balaban J connectivity index is 1.49. The van der Waals surface area contributed by atoms with E-state index in [1.807, 2.05) is 6.07 Å². The Hall–Kier alpha value is -1.92. The van der Waals surface area contributed by atoms with Crippen molar-refractivity contribution in [3.05, 3.63) is 59.9 Å². The van der Waals surface area contributed by atoms with Gasteiger partial charge in [0.25, 0.3) is 10.0 Å². The summed E-state index contributed by atoms with van der Waals surface area (Å²) < 4.78 is 42.3. The summed E-state index contributed by atoms with van der Waals surface area (Å²) in [6.07, 6.45) is 4.41. The third-order valence-corrected chi connectivity index (χ3v) is 8.38. The smallest absolute Gasteiger partial charge is 0.264 e. The molecule has 2 heterocycles. The average molecular weight is 401 g/mol. The van der Waals surface area contributed by atoms with Gasteiger partial charge in [-0.05, 0) is 80.6 Å². The zero-order chi connectivity index (χ0) is 19.4. The number of halogens is 1. The molecule has 0 N–H and O–H groups in total. The molecule has 1 spiro atoms. The lowest BCUT2D eigenvalue weighted by atomic mass is 9.74. The molecule has 0 amide bonds. The normalized spacial score (nSPS) is 21.8. The number of sulfonamides is 1. The van der Waals surface area contributed by atoms with E-state index in [2.05, 4.69) is 4.90 Å². The van der Waals surface area contributed by atoms with E-state index in [4.69, 9.17) is 0 Å². The van der Waals surface area contributed by atoms with Crippen LogP contribution in [0.5, 0.6) is 0 Å². The van der Waals surface area contributed by atoms with Crippen molar-refractivity contribution in [3.8, 4) is 0 Å². The molecule has 148 valence electrons. The van der Waals surface area contributed by atoms with Gasteiger partial charge in [-0.1, -0.05) is 18.2 Å². The van der Waals surface area contributed by atoms with Crippen LogP contribution >= 0.6 is 0 Å². The number of likely N-dealkylation sites (tertiary alicyclic amines) is 1. The molecule has 0 radical (unpaired) electrons. The van der Waals surface area contributed by atoms with E-state index in [1.54, 1.807) is 36.4 Å². The van der Waals surface area contributed by atoms with Crippen LogP contribution < -0.4 is 4.31 Å². The van der Waals surface area contributed by atoms with Gasteiger partial charge in [0.2, 0.25) is 0 Å². The van der Waals surface area contributed by atoms with Crippen molar-refractivity contribution in [2.24, 2.45) is 5.92 Å². The molecular weight excluding hydrogens is 375 g/mol. The molecule has 2 aliphatic heterocycles. The Morgan fingerprint density at radius 1 is 1.04 bits per heavy atom. The second-order valence-corrected chi connectivity index (χ2v) is 10.4. The van der Waals surface area contributed by atoms with E-state index >= 15 is 0 Å². The van der Waals surface area contributed by atoms with E-state index in [1.165, 1.54) is 23.2 Å². The van der Waals surface area contributed by atoms with Gasteiger partial charge in [-0.15, -0.1) is 0 Å². The SMILES string of the molecule is O=S(=O)(c1ccccc1)N1CC2(CCN(CC3CC3)CC2)c2cc(F)ccc21. The van der Waals surface area contributed by atoms with Crippen LogP contribution in [0.4, 0.5) is 10.1 Å². The molecular formula is C22H25FN2O2S. The summed E-state index contributed by atoms with van der Waals surface area (Å²) in [4.78, 5) is 2.78. The largest absolute Gasteiger partial charge is 0.303 e. The zero-order valence-corrected chi connectivity index (χ0v) is 16.7. The van der Waals surface area contributed by atoms with Gasteiger partial charge >= 0.3 is 0 Å². The molecule has 5 rings (SSSR count). The fraction of sp³-hybridized carbons (Fsp3) is 0.455. The summed E-state index contributed by atoms with van der Waals surface area (Å²) in [7, 11) is -3.67. The molecule has 1 saturated heterocycles. The Bertz CT molecular complexity index is 981. The maximum absolute atomic E-state index is 14.1. The highest BCUT2D eigenvalue weighted by Gasteiger charge is 2.48. The van der Waals surface area contributed by atoms with Crippen molar-refractivity contribution in [3.63, 3.8) is 0 Å². The van der Waals surface area contributed by atoms with E-state index in [0.29, 0.717) is 12.2 Å². The number of hydrogen-bond acceptors (Lipinski definition) is 3. The number of nitrogens with zero attached hydrogens (tertiary/aromatic N) is 2. The lowest BCUT2D eigenvalue weighted by Gasteiger charge is -2.40. The molecule has 2 aromatic carbocycles. The van der Waals surface area contributed by atoms with Crippen LogP contribution in [0.25, 0.3) is 0 Å². The molecule has 3 aliphatic rings. The first kappa shape index (κ1) is 18.1. The minimum Gasteiger partial charge on any atom is -0.303 e. The first-order valence-electron chi connectivity index (χ1n) is 10.1. The molecule has 2 aromatic rings. The average Bonchev–Trinajstić information content (AvgIpc) is 3.47. The molecule has 2 fully saturated rings. The predicted octanol–water partition coefficient (Wildman–Crippen LogP) is 3.78. The fourth-order valence-electron chi connectivity index (χ4n) is 4.79. The van der Waals surface area contributed by atoms with Gasteiger partial charge < -0.3 is 4.90 Å². The van der Waals surface area contributed by atoms with Crippen molar-refractivity contribution in [2.45, 2.75) is 36.0 Å². The van der Waals surface area contributed by atoms with Gasteiger partial charge in [-0.25, -0.2) is 12.8 Å². The predicted molar refractivity (Wildman–Crippen MR) is 107 cm³/mol. The summed E-state index contributed by atoms with van der Waals surface area (Å²) in [5.41, 5.74) is 1.21. The molecule has 0 unspecified atom stereocenters. The van der Waals surface area contributed by atoms with Crippen molar-refractivity contribution in [1.29, 1.82) is 0 Å². The van der Waals surface area contributed by atoms with Crippen LogP contribution in [0.3, 0.4) is 0 Å². The summed E-state index contributed by atoms with van der Waals surface area (Å²) >= 11 is 0. The quantitative estimate of drug-likeness (QED) is 0.784. The molecule has 0 aromatic heterocycles. The fourth-order valence-corrected chi connectivity index (χ4v) is 6.38. The number of piperidine rings is 1. The number of benzene rings is 2. The summed E-state index contributed by atoms with van der Waals surface area (Å²) in [5, 5.41) is 0.